The van der Waals surface area contributed by atoms with Crippen molar-refractivity contribution in [3.05, 3.63) is 82.0 Å². The highest BCUT2D eigenvalue weighted by Gasteiger charge is 2.21. The Hall–Kier alpha value is -2.87. The number of nitrogens with one attached hydrogen (secondary N) is 1. The van der Waals surface area contributed by atoms with E-state index >= 15 is 0 Å². The van der Waals surface area contributed by atoms with Crippen LogP contribution in [0.5, 0.6) is 0 Å². The number of hydrogen-bond donors (Lipinski definition) is 1. The molecule has 0 radical (unpaired) electrons. The highest BCUT2D eigenvalue weighted by molar-refractivity contribution is 7.91. The zero-order valence-corrected chi connectivity index (χ0v) is 15.1. The van der Waals surface area contributed by atoms with Crippen LogP contribution in [0.3, 0.4) is 0 Å². The molecule has 2 aromatic carbocycles. The number of halogens is 1. The molecule has 0 saturated heterocycles. The van der Waals surface area contributed by atoms with Crippen LogP contribution >= 0.6 is 0 Å². The van der Waals surface area contributed by atoms with Crippen molar-refractivity contribution in [2.24, 2.45) is 7.05 Å². The summed E-state index contributed by atoms with van der Waals surface area (Å²) in [6, 6.07) is 14.1. The summed E-state index contributed by atoms with van der Waals surface area (Å²) in [7, 11) is -2.15. The highest BCUT2D eigenvalue weighted by Crippen LogP contribution is 2.17. The zero-order chi connectivity index (χ0) is 18.9. The molecule has 0 aliphatic heterocycles. The summed E-state index contributed by atoms with van der Waals surface area (Å²) in [5, 5.41) is 0. The molecule has 1 aromatic heterocycles. The summed E-state index contributed by atoms with van der Waals surface area (Å²) in [4.78, 5) is 12.8. The van der Waals surface area contributed by atoms with Crippen molar-refractivity contribution in [1.29, 1.82) is 0 Å². The van der Waals surface area contributed by atoms with Crippen LogP contribution in [0.15, 0.2) is 59.4 Å². The Labute approximate surface area is 150 Å². The van der Waals surface area contributed by atoms with Gasteiger partial charge in [-0.3, -0.25) is 14.2 Å². The van der Waals surface area contributed by atoms with Crippen LogP contribution < -0.4 is 10.3 Å². The van der Waals surface area contributed by atoms with Crippen molar-refractivity contribution in [3.8, 4) is 5.69 Å². The first-order valence-corrected chi connectivity index (χ1v) is 9.53. The second kappa shape index (κ2) is 6.80. The van der Waals surface area contributed by atoms with Gasteiger partial charge in [-0.25, -0.2) is 17.5 Å². The maximum absolute atomic E-state index is 13.0. The lowest BCUT2D eigenvalue weighted by molar-refractivity contribution is 0.599. The number of hydrogen-bond acceptors (Lipinski definition) is 3. The molecule has 0 saturated carbocycles. The Kier molecular flexibility index (Phi) is 4.69. The van der Waals surface area contributed by atoms with Gasteiger partial charge in [0.25, 0.3) is 5.56 Å². The van der Waals surface area contributed by atoms with Gasteiger partial charge >= 0.3 is 0 Å². The molecule has 136 valence electrons. The monoisotopic (exact) mass is 375 g/mol. The van der Waals surface area contributed by atoms with Gasteiger partial charge in [-0.1, -0.05) is 30.3 Å². The molecule has 0 aliphatic rings. The van der Waals surface area contributed by atoms with E-state index in [1.165, 1.54) is 28.9 Å². The van der Waals surface area contributed by atoms with E-state index in [-0.39, 0.29) is 11.4 Å². The van der Waals surface area contributed by atoms with Crippen LogP contribution in [0.4, 0.5) is 10.1 Å². The SMILES string of the molecule is Cc1c(NS(=O)(=O)Cc2ccc(F)cc2)c(=O)n(-c2ccccc2)n1C. The summed E-state index contributed by atoms with van der Waals surface area (Å²) in [6.07, 6.45) is 0. The lowest BCUT2D eigenvalue weighted by atomic mass is 10.2. The summed E-state index contributed by atoms with van der Waals surface area (Å²) in [5.74, 6) is -0.796. The number of benzene rings is 2. The van der Waals surface area contributed by atoms with Gasteiger partial charge in [0.2, 0.25) is 10.0 Å². The van der Waals surface area contributed by atoms with E-state index in [2.05, 4.69) is 4.72 Å². The molecule has 6 nitrogen and oxygen atoms in total. The standard InChI is InChI=1S/C18H18FN3O3S/c1-13-17(18(23)22(21(13)2)16-6-4-3-5-7-16)20-26(24,25)12-14-8-10-15(19)11-9-14/h3-11,20H,12H2,1-2H3. The van der Waals surface area contributed by atoms with Crippen LogP contribution in [0.1, 0.15) is 11.3 Å². The van der Waals surface area contributed by atoms with E-state index in [1.807, 2.05) is 6.07 Å². The fourth-order valence-corrected chi connectivity index (χ4v) is 3.93. The average Bonchev–Trinajstić information content (AvgIpc) is 2.81. The molecule has 0 aliphatic carbocycles. The molecule has 0 fully saturated rings. The molecular weight excluding hydrogens is 357 g/mol. The first kappa shape index (κ1) is 17.9. The predicted octanol–water partition coefficient (Wildman–Crippen LogP) is 2.57. The molecule has 8 heteroatoms. The largest absolute Gasteiger partial charge is 0.296 e. The maximum atomic E-state index is 13.0. The Morgan fingerprint density at radius 2 is 1.65 bits per heavy atom. The Morgan fingerprint density at radius 3 is 2.27 bits per heavy atom. The zero-order valence-electron chi connectivity index (χ0n) is 14.3. The van der Waals surface area contributed by atoms with Gasteiger partial charge in [0.15, 0.2) is 0 Å². The van der Waals surface area contributed by atoms with E-state index in [1.54, 1.807) is 42.9 Å². The number of aromatic nitrogens is 2. The summed E-state index contributed by atoms with van der Waals surface area (Å²) in [5.41, 5.74) is 1.09. The smallest absolute Gasteiger partial charge is 0.283 e. The van der Waals surface area contributed by atoms with Gasteiger partial charge < -0.3 is 0 Å². The molecule has 0 unspecified atom stereocenters. The molecule has 0 spiro atoms. The molecule has 1 N–H and O–H groups in total. The van der Waals surface area contributed by atoms with Crippen molar-refractivity contribution in [1.82, 2.24) is 9.36 Å². The summed E-state index contributed by atoms with van der Waals surface area (Å²) >= 11 is 0. The van der Waals surface area contributed by atoms with Crippen LogP contribution in [0.2, 0.25) is 0 Å². The lowest BCUT2D eigenvalue weighted by Gasteiger charge is -2.07. The van der Waals surface area contributed by atoms with Crippen molar-refractivity contribution >= 4 is 15.7 Å². The quantitative estimate of drug-likeness (QED) is 0.745. The van der Waals surface area contributed by atoms with Crippen LogP contribution in [0.25, 0.3) is 5.69 Å². The van der Waals surface area contributed by atoms with Crippen molar-refractivity contribution in [2.45, 2.75) is 12.7 Å². The van der Waals surface area contributed by atoms with E-state index in [0.717, 1.165) is 0 Å². The number of rotatable bonds is 5. The van der Waals surface area contributed by atoms with E-state index < -0.39 is 21.4 Å². The number of para-hydroxylation sites is 1. The summed E-state index contributed by atoms with van der Waals surface area (Å²) in [6.45, 7) is 1.66. The number of nitrogens with zero attached hydrogens (tertiary/aromatic N) is 2. The minimum atomic E-state index is -3.83. The molecule has 0 amide bonds. The van der Waals surface area contributed by atoms with E-state index in [0.29, 0.717) is 16.9 Å². The minimum Gasteiger partial charge on any atom is -0.283 e. The first-order valence-electron chi connectivity index (χ1n) is 7.87. The van der Waals surface area contributed by atoms with E-state index in [4.69, 9.17) is 0 Å². The first-order chi connectivity index (χ1) is 12.3. The van der Waals surface area contributed by atoms with Gasteiger partial charge in [-0.15, -0.1) is 0 Å². The fraction of sp³-hybridized carbons (Fsp3) is 0.167. The maximum Gasteiger partial charge on any atom is 0.296 e. The van der Waals surface area contributed by atoms with Crippen LogP contribution in [-0.4, -0.2) is 17.8 Å². The van der Waals surface area contributed by atoms with Gasteiger partial charge in [-0.05, 0) is 36.8 Å². The molecule has 3 aromatic rings. The Balaban J connectivity index is 1.95. The fourth-order valence-electron chi connectivity index (χ4n) is 2.68. The molecule has 3 rings (SSSR count). The van der Waals surface area contributed by atoms with Crippen molar-refractivity contribution in [3.63, 3.8) is 0 Å². The predicted molar refractivity (Wildman–Crippen MR) is 98.4 cm³/mol. The van der Waals surface area contributed by atoms with Crippen LogP contribution in [0, 0.1) is 12.7 Å². The topological polar surface area (TPSA) is 73.1 Å². The molecule has 0 bridgehead atoms. The van der Waals surface area contributed by atoms with Crippen LogP contribution in [-0.2, 0) is 22.8 Å². The second-order valence-electron chi connectivity index (χ2n) is 5.92. The highest BCUT2D eigenvalue weighted by atomic mass is 32.2. The third kappa shape index (κ3) is 3.55. The minimum absolute atomic E-state index is 0.00142. The Bertz CT molecular complexity index is 1090. The van der Waals surface area contributed by atoms with Gasteiger partial charge in [-0.2, -0.15) is 0 Å². The molecule has 0 atom stereocenters. The number of sulfonamides is 1. The Morgan fingerprint density at radius 1 is 1.04 bits per heavy atom. The molecule has 26 heavy (non-hydrogen) atoms. The van der Waals surface area contributed by atoms with Gasteiger partial charge in [0, 0.05) is 7.05 Å². The second-order valence-corrected chi connectivity index (χ2v) is 7.65. The van der Waals surface area contributed by atoms with Crippen molar-refractivity contribution in [2.75, 3.05) is 4.72 Å². The molecule has 1 heterocycles. The molecular formula is C18H18FN3O3S. The number of anilines is 1. The summed E-state index contributed by atoms with van der Waals surface area (Å²) < 4.78 is 43.2. The van der Waals surface area contributed by atoms with Crippen molar-refractivity contribution < 1.29 is 12.8 Å². The lowest BCUT2D eigenvalue weighted by Crippen LogP contribution is -2.23. The third-order valence-electron chi connectivity index (χ3n) is 4.08. The van der Waals surface area contributed by atoms with E-state index in [9.17, 15) is 17.6 Å². The van der Waals surface area contributed by atoms with Gasteiger partial charge in [0.05, 0.1) is 17.1 Å². The van der Waals surface area contributed by atoms with Gasteiger partial charge in [0.1, 0.15) is 11.5 Å². The third-order valence-corrected chi connectivity index (χ3v) is 5.31. The normalized spacial score (nSPS) is 11.5. The average molecular weight is 375 g/mol.